The first-order valence-corrected chi connectivity index (χ1v) is 9.57. The zero-order chi connectivity index (χ0) is 17.2. The Labute approximate surface area is 150 Å². The third-order valence-corrected chi connectivity index (χ3v) is 5.41. The number of carbonyl (C=O) groups is 1. The molecule has 0 radical (unpaired) electrons. The van der Waals surface area contributed by atoms with Crippen molar-refractivity contribution >= 4 is 33.2 Å². The molecule has 25 heavy (non-hydrogen) atoms. The lowest BCUT2D eigenvalue weighted by Gasteiger charge is -2.25. The highest BCUT2D eigenvalue weighted by atomic mass is 32.1. The number of aromatic nitrogens is 3. The number of hydrogen-bond donors (Lipinski definition) is 1. The van der Waals surface area contributed by atoms with Crippen molar-refractivity contribution in [2.24, 2.45) is 0 Å². The summed E-state index contributed by atoms with van der Waals surface area (Å²) in [5, 5.41) is 8.72. The minimum absolute atomic E-state index is 0.0356. The van der Waals surface area contributed by atoms with Crippen LogP contribution in [0.15, 0.2) is 30.3 Å². The highest BCUT2D eigenvalue weighted by Gasteiger charge is 2.22. The van der Waals surface area contributed by atoms with Crippen LogP contribution in [-0.4, -0.2) is 33.6 Å². The maximum Gasteiger partial charge on any atom is 0.225 e. The summed E-state index contributed by atoms with van der Waals surface area (Å²) in [4.78, 5) is 19.9. The number of nitrogens with one attached hydrogen (secondary N) is 1. The van der Waals surface area contributed by atoms with Crippen molar-refractivity contribution in [1.29, 1.82) is 0 Å². The summed E-state index contributed by atoms with van der Waals surface area (Å²) in [5.74, 6) is 0.624. The van der Waals surface area contributed by atoms with Gasteiger partial charge in [-0.05, 0) is 19.3 Å². The van der Waals surface area contributed by atoms with Gasteiger partial charge in [-0.2, -0.15) is 4.52 Å². The number of carbonyl (C=O) groups excluding carboxylic acids is 1. The van der Waals surface area contributed by atoms with Gasteiger partial charge in [-0.25, -0.2) is 4.98 Å². The number of imidazole rings is 1. The summed E-state index contributed by atoms with van der Waals surface area (Å²) in [5.41, 5.74) is 1.75. The van der Waals surface area contributed by atoms with Crippen molar-refractivity contribution in [3.63, 3.8) is 0 Å². The highest BCUT2D eigenvalue weighted by molar-refractivity contribution is 7.20. The maximum absolute atomic E-state index is 12.0. The van der Waals surface area contributed by atoms with Gasteiger partial charge in [0.25, 0.3) is 0 Å². The number of nitrogens with zero attached hydrogens (tertiary/aromatic N) is 4. The van der Waals surface area contributed by atoms with E-state index in [1.165, 1.54) is 19.3 Å². The van der Waals surface area contributed by atoms with Gasteiger partial charge >= 0.3 is 0 Å². The summed E-state index contributed by atoms with van der Waals surface area (Å²) in [6.07, 6.45) is 4.12. The molecule has 7 heteroatoms. The van der Waals surface area contributed by atoms with Crippen LogP contribution in [0.25, 0.3) is 16.2 Å². The first kappa shape index (κ1) is 16.1. The molecule has 0 aliphatic carbocycles. The van der Waals surface area contributed by atoms with Crippen molar-refractivity contribution in [1.82, 2.24) is 14.6 Å². The molecule has 1 saturated heterocycles. The first-order chi connectivity index (χ1) is 12.3. The van der Waals surface area contributed by atoms with Crippen LogP contribution in [0.2, 0.25) is 0 Å². The number of piperidine rings is 1. The topological polar surface area (TPSA) is 62.5 Å². The molecule has 3 aromatic rings. The number of benzene rings is 1. The quantitative estimate of drug-likeness (QED) is 0.773. The molecule has 130 valence electrons. The van der Waals surface area contributed by atoms with Gasteiger partial charge in [-0.15, -0.1) is 5.10 Å². The molecule has 2 aromatic heterocycles. The Balaban J connectivity index is 1.78. The van der Waals surface area contributed by atoms with Gasteiger partial charge in [-0.3, -0.25) is 4.79 Å². The van der Waals surface area contributed by atoms with Crippen LogP contribution in [0.5, 0.6) is 0 Å². The Morgan fingerprint density at radius 2 is 1.96 bits per heavy atom. The van der Waals surface area contributed by atoms with E-state index in [1.807, 2.05) is 37.3 Å². The summed E-state index contributed by atoms with van der Waals surface area (Å²) < 4.78 is 1.78. The Hall–Kier alpha value is -2.41. The Morgan fingerprint density at radius 1 is 1.20 bits per heavy atom. The minimum atomic E-state index is -0.0356. The molecule has 4 rings (SSSR count). The average molecular weight is 355 g/mol. The zero-order valence-electron chi connectivity index (χ0n) is 14.2. The van der Waals surface area contributed by atoms with Gasteiger partial charge in [0.1, 0.15) is 5.69 Å². The number of hydrogen-bond acceptors (Lipinski definition) is 5. The van der Waals surface area contributed by atoms with Gasteiger partial charge < -0.3 is 10.2 Å². The molecule has 0 unspecified atom stereocenters. The molecule has 1 aromatic carbocycles. The molecular formula is C18H21N5OS. The van der Waals surface area contributed by atoms with E-state index in [1.54, 1.807) is 15.9 Å². The Bertz CT molecular complexity index is 880. The van der Waals surface area contributed by atoms with Crippen LogP contribution in [-0.2, 0) is 4.79 Å². The molecular weight excluding hydrogens is 334 g/mol. The predicted molar refractivity (Wildman–Crippen MR) is 101 cm³/mol. The summed E-state index contributed by atoms with van der Waals surface area (Å²) in [7, 11) is 0. The molecule has 1 amide bonds. The first-order valence-electron chi connectivity index (χ1n) is 8.76. The molecule has 1 N–H and O–H groups in total. The molecule has 1 fully saturated rings. The number of anilines is 2. The fourth-order valence-corrected chi connectivity index (χ4v) is 4.03. The monoisotopic (exact) mass is 355 g/mol. The van der Waals surface area contributed by atoms with Crippen molar-refractivity contribution < 1.29 is 4.79 Å². The van der Waals surface area contributed by atoms with Gasteiger partial charge in [0.05, 0.1) is 0 Å². The second-order valence-corrected chi connectivity index (χ2v) is 7.14. The summed E-state index contributed by atoms with van der Waals surface area (Å²) >= 11 is 1.58. The summed E-state index contributed by atoms with van der Waals surface area (Å²) in [6, 6.07) is 9.92. The maximum atomic E-state index is 12.0. The van der Waals surface area contributed by atoms with Crippen molar-refractivity contribution in [3.8, 4) is 11.3 Å². The number of fused-ring (bicyclic) bond motifs is 1. The lowest BCUT2D eigenvalue weighted by atomic mass is 10.1. The molecule has 1 aliphatic heterocycles. The number of amides is 1. The third kappa shape index (κ3) is 3.11. The van der Waals surface area contributed by atoms with Crippen molar-refractivity contribution in [2.75, 3.05) is 23.3 Å². The second kappa shape index (κ2) is 6.84. The molecule has 0 bridgehead atoms. The standard InChI is InChI=1S/C18H21N5OS/c1-2-14(24)19-16-15(13-9-5-3-6-10-13)20-17-23(16)21-18(25-17)22-11-7-4-8-12-22/h3,5-6,9-10H,2,4,7-8,11-12H2,1H3,(H,19,24). The van der Waals surface area contributed by atoms with E-state index in [2.05, 4.69) is 10.2 Å². The molecule has 1 aliphatic rings. The van der Waals surface area contributed by atoms with Crippen molar-refractivity contribution in [2.45, 2.75) is 32.6 Å². The van der Waals surface area contributed by atoms with E-state index in [9.17, 15) is 4.79 Å². The molecule has 3 heterocycles. The van der Waals surface area contributed by atoms with E-state index in [4.69, 9.17) is 10.1 Å². The molecule has 0 saturated carbocycles. The van der Waals surface area contributed by atoms with Crippen LogP contribution in [0.3, 0.4) is 0 Å². The Morgan fingerprint density at radius 3 is 2.68 bits per heavy atom. The Kier molecular flexibility index (Phi) is 4.40. The minimum Gasteiger partial charge on any atom is -0.347 e. The van der Waals surface area contributed by atoms with Crippen LogP contribution >= 0.6 is 11.3 Å². The van der Waals surface area contributed by atoms with E-state index >= 15 is 0 Å². The molecule has 6 nitrogen and oxygen atoms in total. The lowest BCUT2D eigenvalue weighted by Crippen LogP contribution is -2.29. The fraction of sp³-hybridized carbons (Fsp3) is 0.389. The van der Waals surface area contributed by atoms with Gasteiger partial charge in [-0.1, -0.05) is 48.6 Å². The zero-order valence-corrected chi connectivity index (χ0v) is 15.1. The van der Waals surface area contributed by atoms with Gasteiger partial charge in [0.15, 0.2) is 5.82 Å². The fourth-order valence-electron chi connectivity index (χ4n) is 3.08. The van der Waals surface area contributed by atoms with Crippen LogP contribution in [0.4, 0.5) is 10.9 Å². The van der Waals surface area contributed by atoms with Crippen LogP contribution in [0.1, 0.15) is 32.6 Å². The van der Waals surface area contributed by atoms with Gasteiger partial charge in [0.2, 0.25) is 16.0 Å². The van der Waals surface area contributed by atoms with Crippen molar-refractivity contribution in [3.05, 3.63) is 30.3 Å². The molecule has 0 spiro atoms. The van der Waals surface area contributed by atoms with E-state index in [-0.39, 0.29) is 5.91 Å². The average Bonchev–Trinajstić information content (AvgIpc) is 3.22. The largest absolute Gasteiger partial charge is 0.347 e. The second-order valence-electron chi connectivity index (χ2n) is 6.20. The normalized spacial score (nSPS) is 14.8. The van der Waals surface area contributed by atoms with Crippen LogP contribution in [0, 0.1) is 0 Å². The van der Waals surface area contributed by atoms with Crippen LogP contribution < -0.4 is 10.2 Å². The predicted octanol–water partition coefficient (Wildman–Crippen LogP) is 3.80. The lowest BCUT2D eigenvalue weighted by molar-refractivity contribution is -0.115. The summed E-state index contributed by atoms with van der Waals surface area (Å²) in [6.45, 7) is 3.92. The third-order valence-electron chi connectivity index (χ3n) is 4.45. The van der Waals surface area contributed by atoms with E-state index in [0.29, 0.717) is 12.2 Å². The number of rotatable bonds is 4. The SMILES string of the molecule is CCC(=O)Nc1c(-c2ccccc2)nc2sc(N3CCCCC3)nn12. The van der Waals surface area contributed by atoms with E-state index in [0.717, 1.165) is 34.4 Å². The molecule has 0 atom stereocenters. The van der Waals surface area contributed by atoms with E-state index < -0.39 is 0 Å². The smallest absolute Gasteiger partial charge is 0.225 e. The highest BCUT2D eigenvalue weighted by Crippen LogP contribution is 2.34. The van der Waals surface area contributed by atoms with Gasteiger partial charge in [0, 0.05) is 25.1 Å².